The maximum atomic E-state index is 13.1. The van der Waals surface area contributed by atoms with Crippen molar-refractivity contribution in [2.24, 2.45) is 5.92 Å². The summed E-state index contributed by atoms with van der Waals surface area (Å²) in [5.74, 6) is 0.408. The monoisotopic (exact) mass is 455 g/mol. The van der Waals surface area contributed by atoms with Gasteiger partial charge in [-0.3, -0.25) is 9.69 Å². The second-order valence-electron chi connectivity index (χ2n) is 7.82. The molecule has 2 fully saturated rings. The van der Waals surface area contributed by atoms with Crippen LogP contribution in [0.3, 0.4) is 0 Å². The van der Waals surface area contributed by atoms with Crippen LogP contribution in [0, 0.1) is 5.92 Å². The summed E-state index contributed by atoms with van der Waals surface area (Å²) < 4.78 is 43.4. The van der Waals surface area contributed by atoms with Gasteiger partial charge in [0.15, 0.2) is 11.5 Å². The predicted octanol–water partition coefficient (Wildman–Crippen LogP) is 0.943. The van der Waals surface area contributed by atoms with E-state index < -0.39 is 10.0 Å². The summed E-state index contributed by atoms with van der Waals surface area (Å²) in [5.41, 5.74) is 0. The second-order valence-corrected chi connectivity index (χ2v) is 9.76. The molecule has 0 spiro atoms. The standard InChI is InChI=1S/C21H33N3O6S/c1-28-19-7-6-18(15-20(19)29-2)31(26,27)24-10-3-5-17(16-24)21(25)22-8-4-9-23-11-13-30-14-12-23/h6-7,15,17H,3-5,8-14,16H2,1-2H3,(H,22,25)/t17-/m0/s1. The van der Waals surface area contributed by atoms with Gasteiger partial charge in [-0.05, 0) is 37.9 Å². The van der Waals surface area contributed by atoms with Crippen LogP contribution in [-0.2, 0) is 19.6 Å². The highest BCUT2D eigenvalue weighted by atomic mass is 32.2. The van der Waals surface area contributed by atoms with E-state index >= 15 is 0 Å². The molecule has 0 radical (unpaired) electrons. The smallest absolute Gasteiger partial charge is 0.243 e. The molecule has 1 amide bonds. The van der Waals surface area contributed by atoms with Gasteiger partial charge in [-0.2, -0.15) is 4.31 Å². The molecule has 2 aliphatic rings. The summed E-state index contributed by atoms with van der Waals surface area (Å²) >= 11 is 0. The summed E-state index contributed by atoms with van der Waals surface area (Å²) in [7, 11) is -0.759. The van der Waals surface area contributed by atoms with Crippen LogP contribution in [0.1, 0.15) is 19.3 Å². The molecule has 2 heterocycles. The van der Waals surface area contributed by atoms with Crippen LogP contribution in [0.4, 0.5) is 0 Å². The lowest BCUT2D eigenvalue weighted by Gasteiger charge is -2.31. The van der Waals surface area contributed by atoms with Crippen LogP contribution in [0.2, 0.25) is 0 Å². The van der Waals surface area contributed by atoms with E-state index in [0.717, 1.165) is 39.3 Å². The lowest BCUT2D eigenvalue weighted by Crippen LogP contribution is -2.45. The first-order valence-electron chi connectivity index (χ1n) is 10.8. The highest BCUT2D eigenvalue weighted by Crippen LogP contribution is 2.32. The number of nitrogens with zero attached hydrogens (tertiary/aromatic N) is 2. The van der Waals surface area contributed by atoms with Crippen LogP contribution in [0.5, 0.6) is 11.5 Å². The molecule has 1 atom stereocenters. The molecule has 3 rings (SSSR count). The molecule has 174 valence electrons. The van der Waals surface area contributed by atoms with Gasteiger partial charge in [0.1, 0.15) is 0 Å². The molecule has 0 saturated carbocycles. The first-order chi connectivity index (χ1) is 15.0. The van der Waals surface area contributed by atoms with E-state index in [-0.39, 0.29) is 23.3 Å². The third-order valence-electron chi connectivity index (χ3n) is 5.80. The lowest BCUT2D eigenvalue weighted by atomic mass is 9.99. The van der Waals surface area contributed by atoms with Crippen LogP contribution >= 0.6 is 0 Å². The molecule has 0 aromatic heterocycles. The number of hydrogen-bond acceptors (Lipinski definition) is 7. The number of methoxy groups -OCH3 is 2. The molecule has 0 unspecified atom stereocenters. The summed E-state index contributed by atoms with van der Waals surface area (Å²) in [6.45, 7) is 5.49. The van der Waals surface area contributed by atoms with Gasteiger partial charge in [0, 0.05) is 38.8 Å². The molecule has 9 nitrogen and oxygen atoms in total. The Morgan fingerprint density at radius 3 is 2.61 bits per heavy atom. The molecule has 1 aromatic rings. The minimum atomic E-state index is -3.73. The quantitative estimate of drug-likeness (QED) is 0.554. The molecule has 2 saturated heterocycles. The van der Waals surface area contributed by atoms with Gasteiger partial charge in [0.2, 0.25) is 15.9 Å². The van der Waals surface area contributed by atoms with Crippen molar-refractivity contribution in [1.29, 1.82) is 0 Å². The topological polar surface area (TPSA) is 97.4 Å². The fourth-order valence-corrected chi connectivity index (χ4v) is 5.52. The number of carbonyl (C=O) groups excluding carboxylic acids is 1. The Morgan fingerprint density at radius 1 is 1.16 bits per heavy atom. The second kappa shape index (κ2) is 11.1. The molecular formula is C21H33N3O6S. The van der Waals surface area contributed by atoms with Gasteiger partial charge >= 0.3 is 0 Å². The number of nitrogens with one attached hydrogen (secondary N) is 1. The first kappa shape index (κ1) is 23.8. The maximum absolute atomic E-state index is 13.1. The Hall–Kier alpha value is -1.88. The Kier molecular flexibility index (Phi) is 8.53. The van der Waals surface area contributed by atoms with E-state index in [1.807, 2.05) is 0 Å². The van der Waals surface area contributed by atoms with E-state index in [4.69, 9.17) is 14.2 Å². The highest BCUT2D eigenvalue weighted by molar-refractivity contribution is 7.89. The van der Waals surface area contributed by atoms with Gasteiger partial charge < -0.3 is 19.5 Å². The zero-order valence-corrected chi connectivity index (χ0v) is 19.2. The highest BCUT2D eigenvalue weighted by Gasteiger charge is 2.33. The molecular weight excluding hydrogens is 422 g/mol. The predicted molar refractivity (Wildman–Crippen MR) is 116 cm³/mol. The Labute approximate surface area is 184 Å². The van der Waals surface area contributed by atoms with Crippen LogP contribution in [-0.4, -0.2) is 90.2 Å². The normalized spacial score (nSPS) is 20.9. The molecule has 2 aliphatic heterocycles. The minimum Gasteiger partial charge on any atom is -0.493 e. The number of carbonyl (C=O) groups is 1. The van der Waals surface area contributed by atoms with Crippen molar-refractivity contribution in [3.05, 3.63) is 18.2 Å². The largest absolute Gasteiger partial charge is 0.493 e. The third kappa shape index (κ3) is 6.09. The molecule has 1 N–H and O–H groups in total. The number of morpholine rings is 1. The molecule has 1 aromatic carbocycles. The summed E-state index contributed by atoms with van der Waals surface area (Å²) in [4.78, 5) is 15.1. The number of sulfonamides is 1. The first-order valence-corrected chi connectivity index (χ1v) is 12.2. The maximum Gasteiger partial charge on any atom is 0.243 e. The summed E-state index contributed by atoms with van der Waals surface area (Å²) in [6.07, 6.45) is 2.21. The van der Waals surface area contributed by atoms with E-state index in [2.05, 4.69) is 10.2 Å². The Balaban J connectivity index is 1.54. The summed E-state index contributed by atoms with van der Waals surface area (Å²) in [6, 6.07) is 4.55. The average Bonchev–Trinajstić information content (AvgIpc) is 2.81. The van der Waals surface area contributed by atoms with Crippen LogP contribution < -0.4 is 14.8 Å². The molecule has 0 aliphatic carbocycles. The molecule has 10 heteroatoms. The van der Waals surface area contributed by atoms with Gasteiger partial charge in [-0.15, -0.1) is 0 Å². The third-order valence-corrected chi connectivity index (χ3v) is 7.66. The fraction of sp³-hybridized carbons (Fsp3) is 0.667. The van der Waals surface area contributed by atoms with Crippen molar-refractivity contribution >= 4 is 15.9 Å². The number of amides is 1. The van der Waals surface area contributed by atoms with E-state index in [1.54, 1.807) is 6.07 Å². The van der Waals surface area contributed by atoms with Crippen LogP contribution in [0.25, 0.3) is 0 Å². The van der Waals surface area contributed by atoms with Crippen LogP contribution in [0.15, 0.2) is 23.1 Å². The van der Waals surface area contributed by atoms with Gasteiger partial charge in [0.25, 0.3) is 0 Å². The van der Waals surface area contributed by atoms with Crippen molar-refractivity contribution in [3.63, 3.8) is 0 Å². The van der Waals surface area contributed by atoms with Crippen molar-refractivity contribution in [2.75, 3.05) is 66.7 Å². The number of hydrogen-bond donors (Lipinski definition) is 1. The number of rotatable bonds is 9. The number of piperidine rings is 1. The van der Waals surface area contributed by atoms with Crippen molar-refractivity contribution in [2.45, 2.75) is 24.2 Å². The number of ether oxygens (including phenoxy) is 3. The molecule has 31 heavy (non-hydrogen) atoms. The lowest BCUT2D eigenvalue weighted by molar-refractivity contribution is -0.126. The van der Waals surface area contributed by atoms with E-state index in [1.165, 1.54) is 30.7 Å². The van der Waals surface area contributed by atoms with Crippen molar-refractivity contribution in [3.8, 4) is 11.5 Å². The minimum absolute atomic E-state index is 0.0748. The van der Waals surface area contributed by atoms with Gasteiger partial charge in [-0.1, -0.05) is 0 Å². The zero-order chi connectivity index (χ0) is 22.3. The number of benzene rings is 1. The van der Waals surface area contributed by atoms with Gasteiger partial charge in [-0.25, -0.2) is 8.42 Å². The van der Waals surface area contributed by atoms with Crippen molar-refractivity contribution in [1.82, 2.24) is 14.5 Å². The fourth-order valence-electron chi connectivity index (χ4n) is 3.98. The Bertz CT molecular complexity index is 842. The Morgan fingerprint density at radius 2 is 1.90 bits per heavy atom. The van der Waals surface area contributed by atoms with Crippen molar-refractivity contribution < 1.29 is 27.4 Å². The SMILES string of the molecule is COc1ccc(S(=O)(=O)N2CCC[C@H](C(=O)NCCCN3CCOCC3)C2)cc1OC. The average molecular weight is 456 g/mol. The van der Waals surface area contributed by atoms with Gasteiger partial charge in [0.05, 0.1) is 38.2 Å². The molecule has 0 bridgehead atoms. The van der Waals surface area contributed by atoms with E-state index in [0.29, 0.717) is 37.4 Å². The zero-order valence-electron chi connectivity index (χ0n) is 18.3. The summed E-state index contributed by atoms with van der Waals surface area (Å²) in [5, 5.41) is 2.98. The van der Waals surface area contributed by atoms with E-state index in [9.17, 15) is 13.2 Å².